The van der Waals surface area contributed by atoms with Crippen LogP contribution in [-0.2, 0) is 21.4 Å². The van der Waals surface area contributed by atoms with E-state index in [1.165, 1.54) is 0 Å². The number of hydrogen-bond acceptors (Lipinski definition) is 4. The first-order chi connectivity index (χ1) is 9.90. The fourth-order valence-electron chi connectivity index (χ4n) is 2.74. The normalized spacial score (nSPS) is 19.6. The maximum absolute atomic E-state index is 12.0. The molecule has 1 atom stereocenters. The second kappa shape index (κ2) is 5.12. The molecule has 1 saturated heterocycles. The number of primary sulfonamides is 1. The van der Waals surface area contributed by atoms with Gasteiger partial charge in [-0.1, -0.05) is 0 Å². The number of H-pyrrole nitrogens is 1. The molecule has 0 aromatic carbocycles. The number of pyridine rings is 1. The highest BCUT2D eigenvalue weighted by molar-refractivity contribution is 7.89. The first-order valence-electron chi connectivity index (χ1n) is 6.61. The van der Waals surface area contributed by atoms with Crippen LogP contribution in [0.25, 0.3) is 11.0 Å². The minimum Gasteiger partial charge on any atom is -0.346 e. The highest BCUT2D eigenvalue weighted by Gasteiger charge is 2.31. The number of carbonyl (C=O) groups is 1. The van der Waals surface area contributed by atoms with E-state index in [9.17, 15) is 13.2 Å². The van der Waals surface area contributed by atoms with E-state index < -0.39 is 10.0 Å². The highest BCUT2D eigenvalue weighted by atomic mass is 32.2. The molecule has 7 nitrogen and oxygen atoms in total. The number of carbonyl (C=O) groups excluding carboxylic acids is 1. The summed E-state index contributed by atoms with van der Waals surface area (Å²) < 4.78 is 22.2. The van der Waals surface area contributed by atoms with E-state index in [4.69, 9.17) is 5.14 Å². The minimum atomic E-state index is -3.54. The van der Waals surface area contributed by atoms with E-state index in [0.717, 1.165) is 16.6 Å². The van der Waals surface area contributed by atoms with Crippen LogP contribution in [0.2, 0.25) is 0 Å². The number of hydrogen-bond donors (Lipinski definition) is 2. The van der Waals surface area contributed by atoms with E-state index in [0.29, 0.717) is 13.1 Å². The summed E-state index contributed by atoms with van der Waals surface area (Å²) in [5.74, 6) is -0.418. The summed E-state index contributed by atoms with van der Waals surface area (Å²) in [5, 5.41) is 6.02. The third kappa shape index (κ3) is 3.22. The number of rotatable bonds is 4. The molecule has 0 spiro atoms. The van der Waals surface area contributed by atoms with Crippen molar-refractivity contribution >= 4 is 27.0 Å². The van der Waals surface area contributed by atoms with Gasteiger partial charge in [-0.2, -0.15) is 0 Å². The highest BCUT2D eigenvalue weighted by Crippen LogP contribution is 2.22. The second-order valence-electron chi connectivity index (χ2n) is 5.43. The fraction of sp³-hybridized carbons (Fsp3) is 0.385. The summed E-state index contributed by atoms with van der Waals surface area (Å²) in [7, 11) is -3.54. The van der Waals surface area contributed by atoms with Crippen molar-refractivity contribution in [1.29, 1.82) is 0 Å². The van der Waals surface area contributed by atoms with Crippen molar-refractivity contribution in [3.63, 3.8) is 0 Å². The summed E-state index contributed by atoms with van der Waals surface area (Å²) in [6, 6.07) is 3.89. The van der Waals surface area contributed by atoms with Crippen molar-refractivity contribution in [2.75, 3.05) is 12.3 Å². The number of amides is 1. The van der Waals surface area contributed by atoms with Crippen LogP contribution < -0.4 is 5.14 Å². The van der Waals surface area contributed by atoms with Gasteiger partial charge < -0.3 is 9.88 Å². The topological polar surface area (TPSA) is 109 Å². The molecule has 3 N–H and O–H groups in total. The Morgan fingerprint density at radius 3 is 3.05 bits per heavy atom. The van der Waals surface area contributed by atoms with Gasteiger partial charge in [0.2, 0.25) is 15.9 Å². The molecular formula is C13H16N4O3S. The van der Waals surface area contributed by atoms with Crippen molar-refractivity contribution in [2.24, 2.45) is 11.1 Å². The quantitative estimate of drug-likeness (QED) is 0.840. The number of nitrogens with zero attached hydrogens (tertiary/aromatic N) is 2. The molecule has 112 valence electrons. The zero-order chi connectivity index (χ0) is 15.0. The third-order valence-corrected chi connectivity index (χ3v) is 4.53. The van der Waals surface area contributed by atoms with Crippen LogP contribution in [0.3, 0.4) is 0 Å². The predicted octanol–water partition coefficient (Wildman–Crippen LogP) is 0.200. The molecule has 1 unspecified atom stereocenters. The summed E-state index contributed by atoms with van der Waals surface area (Å²) in [5.41, 5.74) is 1.73. The van der Waals surface area contributed by atoms with Crippen molar-refractivity contribution in [3.8, 4) is 0 Å². The standard InChI is InChI=1S/C13H16N4O3S/c14-21(19,20)8-10-4-12(18)17(7-10)6-9-3-11-1-2-15-13(11)16-5-9/h1-3,5,10H,4,6-8H2,(H,15,16)(H2,14,19,20). The summed E-state index contributed by atoms with van der Waals surface area (Å²) in [4.78, 5) is 20.9. The van der Waals surface area contributed by atoms with Gasteiger partial charge in [-0.3, -0.25) is 4.79 Å². The van der Waals surface area contributed by atoms with Gasteiger partial charge in [0.25, 0.3) is 0 Å². The Morgan fingerprint density at radius 1 is 1.48 bits per heavy atom. The number of fused-ring (bicyclic) bond motifs is 1. The molecule has 1 fully saturated rings. The maximum Gasteiger partial charge on any atom is 0.223 e. The number of aromatic amines is 1. The van der Waals surface area contributed by atoms with Gasteiger partial charge in [-0.25, -0.2) is 18.5 Å². The largest absolute Gasteiger partial charge is 0.346 e. The first kappa shape index (κ1) is 14.0. The monoisotopic (exact) mass is 308 g/mol. The lowest BCUT2D eigenvalue weighted by atomic mass is 10.1. The predicted molar refractivity (Wildman–Crippen MR) is 77.6 cm³/mol. The lowest BCUT2D eigenvalue weighted by Crippen LogP contribution is -2.27. The van der Waals surface area contributed by atoms with Crippen LogP contribution in [0.1, 0.15) is 12.0 Å². The average molecular weight is 308 g/mol. The molecule has 0 aliphatic carbocycles. The Bertz CT molecular complexity index is 784. The van der Waals surface area contributed by atoms with Crippen molar-refractivity contribution in [3.05, 3.63) is 30.1 Å². The van der Waals surface area contributed by atoms with Crippen molar-refractivity contribution in [1.82, 2.24) is 14.9 Å². The van der Waals surface area contributed by atoms with E-state index in [-0.39, 0.29) is 24.0 Å². The molecule has 2 aromatic rings. The van der Waals surface area contributed by atoms with Gasteiger partial charge in [0, 0.05) is 43.2 Å². The van der Waals surface area contributed by atoms with Gasteiger partial charge in [-0.15, -0.1) is 0 Å². The second-order valence-corrected chi connectivity index (χ2v) is 7.09. The maximum atomic E-state index is 12.0. The first-order valence-corrected chi connectivity index (χ1v) is 8.32. The zero-order valence-electron chi connectivity index (χ0n) is 11.3. The Labute approximate surface area is 122 Å². The lowest BCUT2D eigenvalue weighted by Gasteiger charge is -2.16. The molecule has 3 rings (SSSR count). The number of likely N-dealkylation sites (tertiary alicyclic amines) is 1. The molecule has 0 bridgehead atoms. The Morgan fingerprint density at radius 2 is 2.29 bits per heavy atom. The SMILES string of the molecule is NS(=O)(=O)CC1CC(=O)N(Cc2cnc3[nH]ccc3c2)C1. The van der Waals surface area contributed by atoms with E-state index in [1.54, 1.807) is 11.1 Å². The molecule has 3 heterocycles. The minimum absolute atomic E-state index is 0.0437. The van der Waals surface area contributed by atoms with Gasteiger partial charge in [0.15, 0.2) is 0 Å². The molecule has 1 aliphatic heterocycles. The van der Waals surface area contributed by atoms with E-state index >= 15 is 0 Å². The van der Waals surface area contributed by atoms with Crippen molar-refractivity contribution in [2.45, 2.75) is 13.0 Å². The van der Waals surface area contributed by atoms with E-state index in [1.807, 2.05) is 18.3 Å². The molecular weight excluding hydrogens is 292 g/mol. The van der Waals surface area contributed by atoms with Crippen LogP contribution in [-0.4, -0.2) is 41.5 Å². The number of nitrogens with one attached hydrogen (secondary N) is 1. The summed E-state index contributed by atoms with van der Waals surface area (Å²) in [6.45, 7) is 0.856. The number of nitrogens with two attached hydrogens (primary N) is 1. The summed E-state index contributed by atoms with van der Waals surface area (Å²) in [6.07, 6.45) is 3.76. The van der Waals surface area contributed by atoms with Crippen LogP contribution >= 0.6 is 0 Å². The number of aromatic nitrogens is 2. The van der Waals surface area contributed by atoms with Crippen molar-refractivity contribution < 1.29 is 13.2 Å². The smallest absolute Gasteiger partial charge is 0.223 e. The van der Waals surface area contributed by atoms with Gasteiger partial charge >= 0.3 is 0 Å². The van der Waals surface area contributed by atoms with Gasteiger partial charge in [0.1, 0.15) is 5.65 Å². The Hall–Kier alpha value is -1.93. The fourth-order valence-corrected chi connectivity index (χ4v) is 3.62. The zero-order valence-corrected chi connectivity index (χ0v) is 12.1. The summed E-state index contributed by atoms with van der Waals surface area (Å²) >= 11 is 0. The molecule has 0 saturated carbocycles. The average Bonchev–Trinajstić information content (AvgIpc) is 2.94. The van der Waals surface area contributed by atoms with Crippen LogP contribution in [0, 0.1) is 5.92 Å². The van der Waals surface area contributed by atoms with Gasteiger partial charge in [-0.05, 0) is 17.7 Å². The molecule has 8 heteroatoms. The van der Waals surface area contributed by atoms with Crippen LogP contribution in [0.4, 0.5) is 0 Å². The molecule has 0 radical (unpaired) electrons. The Kier molecular flexibility index (Phi) is 3.42. The molecule has 21 heavy (non-hydrogen) atoms. The third-order valence-electron chi connectivity index (χ3n) is 3.59. The lowest BCUT2D eigenvalue weighted by molar-refractivity contribution is -0.128. The van der Waals surface area contributed by atoms with E-state index in [2.05, 4.69) is 9.97 Å². The number of sulfonamides is 1. The van der Waals surface area contributed by atoms with Gasteiger partial charge in [0.05, 0.1) is 5.75 Å². The molecule has 1 amide bonds. The Balaban J connectivity index is 1.71. The molecule has 1 aliphatic rings. The molecule has 2 aromatic heterocycles. The van der Waals surface area contributed by atoms with Crippen LogP contribution in [0.15, 0.2) is 24.5 Å². The van der Waals surface area contributed by atoms with Crippen LogP contribution in [0.5, 0.6) is 0 Å².